The number of rotatable bonds is 5. The molecule has 142 valence electrons. The standard InChI is InChI=1S/C21H31N3O2/c1-15-18(22-20(25)14-17-10-5-6-13-24(17)2)11-7-12-19(15)23-21(26)16-8-3-4-9-16/h7,11-12,16-17H,3-6,8-10,13-14H2,1-2H3,(H,22,25)(H,23,26). The maximum absolute atomic E-state index is 12.5. The Kier molecular flexibility index (Phi) is 6.30. The zero-order valence-corrected chi connectivity index (χ0v) is 16.0. The van der Waals surface area contributed by atoms with Crippen LogP contribution in [-0.4, -0.2) is 36.3 Å². The lowest BCUT2D eigenvalue weighted by atomic mass is 9.99. The SMILES string of the molecule is Cc1c(NC(=O)CC2CCCCN2C)cccc1NC(=O)C1CCCC1. The van der Waals surface area contributed by atoms with Crippen LogP contribution in [0.3, 0.4) is 0 Å². The van der Waals surface area contributed by atoms with Crippen LogP contribution in [0.1, 0.15) is 56.9 Å². The Hall–Kier alpha value is -1.88. The molecule has 1 heterocycles. The number of anilines is 2. The van der Waals surface area contributed by atoms with Crippen LogP contribution in [0.15, 0.2) is 18.2 Å². The maximum atomic E-state index is 12.5. The molecule has 0 spiro atoms. The highest BCUT2D eigenvalue weighted by Crippen LogP contribution is 2.29. The Balaban J connectivity index is 1.61. The summed E-state index contributed by atoms with van der Waals surface area (Å²) in [6, 6.07) is 6.03. The summed E-state index contributed by atoms with van der Waals surface area (Å²) in [5.74, 6) is 0.290. The molecule has 2 fully saturated rings. The second-order valence-corrected chi connectivity index (χ2v) is 7.83. The van der Waals surface area contributed by atoms with E-state index in [9.17, 15) is 9.59 Å². The fourth-order valence-corrected chi connectivity index (χ4v) is 4.15. The Bertz CT molecular complexity index is 653. The zero-order chi connectivity index (χ0) is 18.5. The van der Waals surface area contributed by atoms with Gasteiger partial charge in [-0.15, -0.1) is 0 Å². The fourth-order valence-electron chi connectivity index (χ4n) is 4.15. The molecule has 1 aromatic rings. The first kappa shape index (κ1) is 18.9. The molecule has 0 bridgehead atoms. The van der Waals surface area contributed by atoms with E-state index >= 15 is 0 Å². The first-order valence-electron chi connectivity index (χ1n) is 9.95. The van der Waals surface area contributed by atoms with Gasteiger partial charge in [0.15, 0.2) is 0 Å². The minimum Gasteiger partial charge on any atom is -0.326 e. The van der Waals surface area contributed by atoms with E-state index in [2.05, 4.69) is 22.6 Å². The van der Waals surface area contributed by atoms with Crippen molar-refractivity contribution in [2.45, 2.75) is 64.3 Å². The van der Waals surface area contributed by atoms with Gasteiger partial charge >= 0.3 is 0 Å². The highest BCUT2D eigenvalue weighted by molar-refractivity contribution is 5.96. The van der Waals surface area contributed by atoms with Crippen LogP contribution in [0.2, 0.25) is 0 Å². The lowest BCUT2D eigenvalue weighted by molar-refractivity contribution is -0.119. The average Bonchev–Trinajstić information content (AvgIpc) is 3.15. The third-order valence-electron chi connectivity index (χ3n) is 5.93. The van der Waals surface area contributed by atoms with Crippen molar-refractivity contribution in [3.8, 4) is 0 Å². The maximum Gasteiger partial charge on any atom is 0.227 e. The smallest absolute Gasteiger partial charge is 0.227 e. The quantitative estimate of drug-likeness (QED) is 0.839. The molecule has 5 heteroatoms. The van der Waals surface area contributed by atoms with Gasteiger partial charge in [0.05, 0.1) is 0 Å². The molecule has 1 unspecified atom stereocenters. The minimum absolute atomic E-state index is 0.0473. The fraction of sp³-hybridized carbons (Fsp3) is 0.619. The largest absolute Gasteiger partial charge is 0.326 e. The van der Waals surface area contributed by atoms with Gasteiger partial charge in [-0.3, -0.25) is 9.59 Å². The van der Waals surface area contributed by atoms with Crippen LogP contribution in [0.4, 0.5) is 11.4 Å². The number of benzene rings is 1. The molecule has 1 aliphatic carbocycles. The minimum atomic E-state index is 0.0473. The van der Waals surface area contributed by atoms with Crippen LogP contribution >= 0.6 is 0 Å². The van der Waals surface area contributed by atoms with Gasteiger partial charge in [0, 0.05) is 29.8 Å². The summed E-state index contributed by atoms with van der Waals surface area (Å²) in [6.07, 6.45) is 8.27. The first-order chi connectivity index (χ1) is 12.5. The van der Waals surface area contributed by atoms with E-state index < -0.39 is 0 Å². The van der Waals surface area contributed by atoms with Crippen molar-refractivity contribution >= 4 is 23.2 Å². The number of nitrogens with zero attached hydrogens (tertiary/aromatic N) is 1. The average molecular weight is 357 g/mol. The van der Waals surface area contributed by atoms with E-state index in [4.69, 9.17) is 0 Å². The summed E-state index contributed by atoms with van der Waals surface area (Å²) < 4.78 is 0. The van der Waals surface area contributed by atoms with Gasteiger partial charge in [0.25, 0.3) is 0 Å². The van der Waals surface area contributed by atoms with E-state index in [1.807, 2.05) is 25.1 Å². The van der Waals surface area contributed by atoms with E-state index in [-0.39, 0.29) is 17.7 Å². The second-order valence-electron chi connectivity index (χ2n) is 7.83. The molecule has 0 radical (unpaired) electrons. The van der Waals surface area contributed by atoms with Gasteiger partial charge in [-0.2, -0.15) is 0 Å². The third kappa shape index (κ3) is 4.64. The summed E-state index contributed by atoms with van der Waals surface area (Å²) in [4.78, 5) is 27.2. The van der Waals surface area contributed by atoms with Gasteiger partial charge in [0.1, 0.15) is 0 Å². The molecule has 2 aliphatic rings. The monoisotopic (exact) mass is 357 g/mol. The van der Waals surface area contributed by atoms with E-state index in [0.717, 1.165) is 55.6 Å². The molecule has 2 amide bonds. The lowest BCUT2D eigenvalue weighted by Gasteiger charge is -2.32. The highest BCUT2D eigenvalue weighted by Gasteiger charge is 2.24. The zero-order valence-electron chi connectivity index (χ0n) is 16.0. The number of nitrogens with one attached hydrogen (secondary N) is 2. The summed E-state index contributed by atoms with van der Waals surface area (Å²) in [5, 5.41) is 6.10. The molecule has 1 aromatic carbocycles. The van der Waals surface area contributed by atoms with Crippen LogP contribution in [0, 0.1) is 12.8 Å². The number of hydrogen-bond donors (Lipinski definition) is 2. The van der Waals surface area contributed by atoms with Crippen molar-refractivity contribution in [3.63, 3.8) is 0 Å². The highest BCUT2D eigenvalue weighted by atomic mass is 16.2. The Morgan fingerprint density at radius 1 is 1.04 bits per heavy atom. The topological polar surface area (TPSA) is 61.4 Å². The Morgan fingerprint density at radius 3 is 2.38 bits per heavy atom. The van der Waals surface area contributed by atoms with Gasteiger partial charge < -0.3 is 15.5 Å². The van der Waals surface area contributed by atoms with E-state index in [1.165, 1.54) is 12.8 Å². The molecular weight excluding hydrogens is 326 g/mol. The summed E-state index contributed by atoms with van der Waals surface area (Å²) in [5.41, 5.74) is 2.51. The molecule has 26 heavy (non-hydrogen) atoms. The Labute approximate surface area is 156 Å². The van der Waals surface area contributed by atoms with Crippen molar-refractivity contribution in [2.75, 3.05) is 24.2 Å². The predicted octanol–water partition coefficient (Wildman–Crippen LogP) is 3.94. The van der Waals surface area contributed by atoms with Gasteiger partial charge in [-0.05, 0) is 63.9 Å². The number of carbonyl (C=O) groups is 2. The van der Waals surface area contributed by atoms with E-state index in [1.54, 1.807) is 0 Å². The number of piperidine rings is 1. The van der Waals surface area contributed by atoms with Crippen molar-refractivity contribution in [2.24, 2.45) is 5.92 Å². The Morgan fingerprint density at radius 2 is 1.69 bits per heavy atom. The molecule has 0 aromatic heterocycles. The number of hydrogen-bond acceptors (Lipinski definition) is 3. The van der Waals surface area contributed by atoms with Crippen LogP contribution in [-0.2, 0) is 9.59 Å². The number of likely N-dealkylation sites (tertiary alicyclic amines) is 1. The van der Waals surface area contributed by atoms with Gasteiger partial charge in [-0.25, -0.2) is 0 Å². The van der Waals surface area contributed by atoms with Crippen LogP contribution in [0.25, 0.3) is 0 Å². The molecule has 5 nitrogen and oxygen atoms in total. The second kappa shape index (κ2) is 8.67. The molecular formula is C21H31N3O2. The summed E-state index contributed by atoms with van der Waals surface area (Å²) in [6.45, 7) is 3.02. The normalized spacial score (nSPS) is 21.5. The number of amides is 2. The summed E-state index contributed by atoms with van der Waals surface area (Å²) in [7, 11) is 2.10. The van der Waals surface area contributed by atoms with Crippen LogP contribution < -0.4 is 10.6 Å². The lowest BCUT2D eigenvalue weighted by Crippen LogP contribution is -2.38. The molecule has 3 rings (SSSR count). The van der Waals surface area contributed by atoms with Gasteiger partial charge in [-0.1, -0.05) is 25.3 Å². The third-order valence-corrected chi connectivity index (χ3v) is 5.93. The van der Waals surface area contributed by atoms with E-state index in [0.29, 0.717) is 12.5 Å². The molecule has 1 saturated carbocycles. The molecule has 1 saturated heterocycles. The summed E-state index contributed by atoms with van der Waals surface area (Å²) >= 11 is 0. The van der Waals surface area contributed by atoms with Crippen molar-refractivity contribution < 1.29 is 9.59 Å². The number of carbonyl (C=O) groups excluding carboxylic acids is 2. The molecule has 2 N–H and O–H groups in total. The van der Waals surface area contributed by atoms with Crippen LogP contribution in [0.5, 0.6) is 0 Å². The van der Waals surface area contributed by atoms with Crippen molar-refractivity contribution in [1.29, 1.82) is 0 Å². The molecule has 1 aliphatic heterocycles. The predicted molar refractivity (Wildman–Crippen MR) is 105 cm³/mol. The van der Waals surface area contributed by atoms with Crippen molar-refractivity contribution in [1.82, 2.24) is 4.90 Å². The van der Waals surface area contributed by atoms with Gasteiger partial charge in [0.2, 0.25) is 11.8 Å². The first-order valence-corrected chi connectivity index (χ1v) is 9.95. The van der Waals surface area contributed by atoms with Crippen molar-refractivity contribution in [3.05, 3.63) is 23.8 Å². The molecule has 1 atom stereocenters.